The van der Waals surface area contributed by atoms with Gasteiger partial charge in [-0.05, 0) is 47.4 Å². The first-order valence-corrected chi connectivity index (χ1v) is 11.8. The molecule has 2 aliphatic carbocycles. The summed E-state index contributed by atoms with van der Waals surface area (Å²) in [5.74, 6) is -1.60. The first-order chi connectivity index (χ1) is 16.5. The normalized spacial score (nSPS) is 21.9. The summed E-state index contributed by atoms with van der Waals surface area (Å²) in [6, 6.07) is 15.5. The highest BCUT2D eigenvalue weighted by atomic mass is 16.5. The summed E-state index contributed by atoms with van der Waals surface area (Å²) in [4.78, 5) is 36.8. The van der Waals surface area contributed by atoms with E-state index in [4.69, 9.17) is 9.47 Å². The maximum absolute atomic E-state index is 12.8. The number of ether oxygens (including phenoxy) is 2. The van der Waals surface area contributed by atoms with Crippen LogP contribution in [0, 0.1) is 11.8 Å². The molecule has 3 atom stereocenters. The van der Waals surface area contributed by atoms with Gasteiger partial charge >= 0.3 is 12.1 Å². The predicted octanol–water partition coefficient (Wildman–Crippen LogP) is 2.91. The largest absolute Gasteiger partial charge is 0.479 e. The summed E-state index contributed by atoms with van der Waals surface area (Å²) in [5.41, 5.74) is 4.55. The molecule has 1 saturated carbocycles. The summed E-state index contributed by atoms with van der Waals surface area (Å²) in [6.45, 7) is 0.742. The second-order valence-electron chi connectivity index (χ2n) is 9.21. The molecule has 2 amide bonds. The summed E-state index contributed by atoms with van der Waals surface area (Å²) in [6.07, 6.45) is 0.750. The maximum atomic E-state index is 12.8. The minimum absolute atomic E-state index is 0.0540. The van der Waals surface area contributed by atoms with Crippen LogP contribution in [-0.2, 0) is 19.1 Å². The molecule has 1 aliphatic heterocycles. The van der Waals surface area contributed by atoms with Gasteiger partial charge in [0.1, 0.15) is 12.6 Å². The molecule has 3 N–H and O–H groups in total. The van der Waals surface area contributed by atoms with E-state index in [1.165, 1.54) is 0 Å². The zero-order valence-electron chi connectivity index (χ0n) is 18.7. The van der Waals surface area contributed by atoms with E-state index in [1.807, 2.05) is 24.3 Å². The van der Waals surface area contributed by atoms with Crippen molar-refractivity contribution in [2.45, 2.75) is 37.3 Å². The molecule has 1 unspecified atom stereocenters. The second kappa shape index (κ2) is 9.46. The van der Waals surface area contributed by atoms with Crippen molar-refractivity contribution in [2.24, 2.45) is 11.8 Å². The zero-order valence-corrected chi connectivity index (χ0v) is 18.7. The van der Waals surface area contributed by atoms with Gasteiger partial charge in [-0.25, -0.2) is 9.59 Å². The van der Waals surface area contributed by atoms with Gasteiger partial charge in [-0.2, -0.15) is 0 Å². The number of rotatable bonds is 8. The minimum Gasteiger partial charge on any atom is -0.479 e. The van der Waals surface area contributed by atoms with E-state index in [2.05, 4.69) is 34.9 Å². The SMILES string of the molecule is O=C(NC(C(=O)NC[C@@H]1CCO[C@@H]1C(=O)O)C1CC1)OCC1c2ccccc2-c2ccccc21. The van der Waals surface area contributed by atoms with E-state index in [-0.39, 0.29) is 36.8 Å². The number of hydrogen-bond acceptors (Lipinski definition) is 5. The van der Waals surface area contributed by atoms with E-state index >= 15 is 0 Å². The highest BCUT2D eigenvalue weighted by Gasteiger charge is 2.39. The van der Waals surface area contributed by atoms with Crippen LogP contribution in [0.5, 0.6) is 0 Å². The Bertz CT molecular complexity index is 1050. The molecule has 0 bridgehead atoms. The lowest BCUT2D eigenvalue weighted by atomic mass is 9.98. The van der Waals surface area contributed by atoms with Gasteiger partial charge < -0.3 is 25.2 Å². The van der Waals surface area contributed by atoms with E-state index < -0.39 is 24.2 Å². The van der Waals surface area contributed by atoms with Crippen LogP contribution >= 0.6 is 0 Å². The molecule has 3 aliphatic rings. The number of hydrogen-bond donors (Lipinski definition) is 3. The fourth-order valence-electron chi connectivity index (χ4n) is 5.05. The summed E-state index contributed by atoms with van der Waals surface area (Å²) < 4.78 is 10.8. The molecule has 2 aromatic rings. The molecule has 1 heterocycles. The average Bonchev–Trinajstić information content (AvgIpc) is 3.48. The van der Waals surface area contributed by atoms with Crippen LogP contribution in [-0.4, -0.2) is 55.0 Å². The fourth-order valence-corrected chi connectivity index (χ4v) is 5.05. The molecule has 0 aromatic heterocycles. The van der Waals surface area contributed by atoms with Crippen LogP contribution in [0.25, 0.3) is 11.1 Å². The van der Waals surface area contributed by atoms with Crippen molar-refractivity contribution < 1.29 is 29.0 Å². The molecule has 2 aromatic carbocycles. The summed E-state index contributed by atoms with van der Waals surface area (Å²) in [7, 11) is 0. The number of amides is 2. The number of aliphatic carboxylic acids is 1. The standard InChI is InChI=1S/C26H28N2O6/c29-24(27-13-16-11-12-33-23(16)25(30)31)22(15-9-10-15)28-26(32)34-14-21-19-7-3-1-5-17(19)18-6-2-4-8-20(18)21/h1-8,15-16,21-23H,9-14H2,(H,27,29)(H,28,32)(H,30,31)/t16-,22?,23-/m0/s1. The van der Waals surface area contributed by atoms with Crippen molar-refractivity contribution in [1.29, 1.82) is 0 Å². The van der Waals surface area contributed by atoms with Crippen LogP contribution in [0.15, 0.2) is 48.5 Å². The number of fused-ring (bicyclic) bond motifs is 3. The highest BCUT2D eigenvalue weighted by Crippen LogP contribution is 2.44. The monoisotopic (exact) mass is 464 g/mol. The number of carbonyl (C=O) groups excluding carboxylic acids is 2. The molecule has 0 spiro atoms. The Morgan fingerprint density at radius 2 is 1.65 bits per heavy atom. The van der Waals surface area contributed by atoms with Crippen molar-refractivity contribution in [3.63, 3.8) is 0 Å². The van der Waals surface area contributed by atoms with Crippen molar-refractivity contribution >= 4 is 18.0 Å². The Balaban J connectivity index is 1.18. The highest BCUT2D eigenvalue weighted by molar-refractivity contribution is 5.86. The third-order valence-electron chi connectivity index (χ3n) is 6.99. The van der Waals surface area contributed by atoms with E-state index in [0.717, 1.165) is 35.1 Å². The van der Waals surface area contributed by atoms with E-state index in [0.29, 0.717) is 13.0 Å². The van der Waals surface area contributed by atoms with Crippen molar-refractivity contribution in [3.05, 3.63) is 59.7 Å². The van der Waals surface area contributed by atoms with Crippen LogP contribution in [0.2, 0.25) is 0 Å². The van der Waals surface area contributed by atoms with Crippen LogP contribution in [0.4, 0.5) is 4.79 Å². The lowest BCUT2D eigenvalue weighted by molar-refractivity contribution is -0.149. The van der Waals surface area contributed by atoms with Gasteiger partial charge in [0.25, 0.3) is 0 Å². The number of alkyl carbamates (subject to hydrolysis) is 1. The van der Waals surface area contributed by atoms with Crippen molar-refractivity contribution in [2.75, 3.05) is 19.8 Å². The third-order valence-corrected chi connectivity index (χ3v) is 6.99. The van der Waals surface area contributed by atoms with Gasteiger partial charge in [-0.3, -0.25) is 4.79 Å². The minimum atomic E-state index is -1.02. The smallest absolute Gasteiger partial charge is 0.407 e. The molecular weight excluding hydrogens is 436 g/mol. The molecule has 0 radical (unpaired) electrons. The van der Waals surface area contributed by atoms with Gasteiger partial charge in [0.05, 0.1) is 0 Å². The van der Waals surface area contributed by atoms with Crippen LogP contribution in [0.3, 0.4) is 0 Å². The van der Waals surface area contributed by atoms with Crippen molar-refractivity contribution in [3.8, 4) is 11.1 Å². The van der Waals surface area contributed by atoms with Crippen LogP contribution < -0.4 is 10.6 Å². The quantitative estimate of drug-likeness (QED) is 0.554. The van der Waals surface area contributed by atoms with Gasteiger partial charge in [0.2, 0.25) is 5.91 Å². The second-order valence-corrected chi connectivity index (χ2v) is 9.21. The van der Waals surface area contributed by atoms with Gasteiger partial charge in [-0.1, -0.05) is 48.5 Å². The number of benzene rings is 2. The summed E-state index contributed by atoms with van der Waals surface area (Å²) in [5, 5.41) is 14.8. The van der Waals surface area contributed by atoms with Gasteiger partial charge in [-0.15, -0.1) is 0 Å². The first-order valence-electron chi connectivity index (χ1n) is 11.8. The van der Waals surface area contributed by atoms with Crippen molar-refractivity contribution in [1.82, 2.24) is 10.6 Å². The molecule has 8 heteroatoms. The topological polar surface area (TPSA) is 114 Å². The Labute approximate surface area is 197 Å². The average molecular weight is 465 g/mol. The maximum Gasteiger partial charge on any atom is 0.407 e. The molecule has 178 valence electrons. The Hall–Kier alpha value is -3.39. The predicted molar refractivity (Wildman–Crippen MR) is 123 cm³/mol. The molecule has 2 fully saturated rings. The van der Waals surface area contributed by atoms with E-state index in [1.54, 1.807) is 0 Å². The molecule has 5 rings (SSSR count). The zero-order chi connectivity index (χ0) is 23.7. The molecule has 8 nitrogen and oxygen atoms in total. The van der Waals surface area contributed by atoms with Gasteiger partial charge in [0, 0.05) is 25.0 Å². The lowest BCUT2D eigenvalue weighted by Gasteiger charge is -2.21. The number of carbonyl (C=O) groups is 3. The Morgan fingerprint density at radius 3 is 2.26 bits per heavy atom. The fraction of sp³-hybridized carbons (Fsp3) is 0.423. The summed E-state index contributed by atoms with van der Waals surface area (Å²) >= 11 is 0. The molecular formula is C26H28N2O6. The molecule has 34 heavy (non-hydrogen) atoms. The lowest BCUT2D eigenvalue weighted by Crippen LogP contribution is -2.50. The Morgan fingerprint density at radius 1 is 1.00 bits per heavy atom. The third kappa shape index (κ3) is 4.50. The first kappa shape index (κ1) is 22.4. The van der Waals surface area contributed by atoms with Crippen LogP contribution in [0.1, 0.15) is 36.3 Å². The number of nitrogens with one attached hydrogen (secondary N) is 2. The Kier molecular flexibility index (Phi) is 6.24. The number of carboxylic acid groups (broad SMARTS) is 1. The van der Waals surface area contributed by atoms with Gasteiger partial charge in [0.15, 0.2) is 6.10 Å². The van der Waals surface area contributed by atoms with E-state index in [9.17, 15) is 19.5 Å². The number of carboxylic acids is 1. The molecule has 1 saturated heterocycles.